The lowest BCUT2D eigenvalue weighted by Gasteiger charge is -2.08. The van der Waals surface area contributed by atoms with E-state index in [4.69, 9.17) is 0 Å². The second kappa shape index (κ2) is 6.04. The Morgan fingerprint density at radius 3 is 2.62 bits per heavy atom. The topological polar surface area (TPSA) is 29.1 Å². The maximum Gasteiger partial charge on any atom is 0.224 e. The van der Waals surface area contributed by atoms with Gasteiger partial charge in [-0.1, -0.05) is 29.8 Å². The molecule has 1 amide bonds. The predicted molar refractivity (Wildman–Crippen MR) is 71.6 cm³/mol. The minimum Gasteiger partial charge on any atom is -0.326 e. The minimum absolute atomic E-state index is 0.0891. The van der Waals surface area contributed by atoms with Gasteiger partial charge in [0.25, 0.3) is 0 Å². The Labute approximate surface area is 106 Å². The number of carbonyl (C=O) groups excluding carboxylic acids is 1. The van der Waals surface area contributed by atoms with Gasteiger partial charge in [0.1, 0.15) is 0 Å². The molecule has 0 bridgehead atoms. The molecule has 0 fully saturated rings. The number of halogens is 1. The molecule has 0 atom stereocenters. The molecule has 88 valence electrons. The quantitative estimate of drug-likeness (QED) is 0.884. The summed E-state index contributed by atoms with van der Waals surface area (Å²) in [5.41, 5.74) is 1.99. The van der Waals surface area contributed by atoms with Crippen molar-refractivity contribution in [2.75, 3.05) is 5.32 Å². The van der Waals surface area contributed by atoms with Gasteiger partial charge in [-0.25, -0.2) is 0 Å². The molecular weight excluding hydrogens is 266 g/mol. The number of amides is 1. The van der Waals surface area contributed by atoms with Crippen LogP contribution in [0, 0.1) is 12.8 Å². The van der Waals surface area contributed by atoms with Gasteiger partial charge in [-0.15, -0.1) is 0 Å². The number of nitrogens with one attached hydrogen (secondary N) is 1. The van der Waals surface area contributed by atoms with E-state index in [-0.39, 0.29) is 5.91 Å². The third-order valence-corrected chi connectivity index (χ3v) is 2.73. The maximum atomic E-state index is 11.6. The predicted octanol–water partition coefficient (Wildman–Crippen LogP) is 4.13. The lowest BCUT2D eigenvalue weighted by molar-refractivity contribution is -0.116. The van der Waals surface area contributed by atoms with Gasteiger partial charge in [-0.3, -0.25) is 4.79 Å². The largest absolute Gasteiger partial charge is 0.326 e. The first-order chi connectivity index (χ1) is 7.47. The summed E-state index contributed by atoms with van der Waals surface area (Å²) in [5.74, 6) is 0.654. The second-order valence-corrected chi connectivity index (χ2v) is 5.41. The van der Waals surface area contributed by atoms with E-state index in [9.17, 15) is 4.79 Å². The number of aryl methyl sites for hydroxylation is 1. The minimum atomic E-state index is 0.0891. The molecule has 0 aliphatic heterocycles. The highest BCUT2D eigenvalue weighted by atomic mass is 79.9. The molecular formula is C13H18BrNO. The molecule has 0 spiro atoms. The highest BCUT2D eigenvalue weighted by molar-refractivity contribution is 9.10. The molecule has 2 nitrogen and oxygen atoms in total. The van der Waals surface area contributed by atoms with Crippen molar-refractivity contribution in [3.8, 4) is 0 Å². The summed E-state index contributed by atoms with van der Waals surface area (Å²) in [7, 11) is 0. The summed E-state index contributed by atoms with van der Waals surface area (Å²) in [4.78, 5) is 11.6. The molecule has 0 saturated heterocycles. The van der Waals surface area contributed by atoms with Crippen LogP contribution in [0.3, 0.4) is 0 Å². The summed E-state index contributed by atoms with van der Waals surface area (Å²) in [5, 5.41) is 2.91. The number of hydrogen-bond donors (Lipinski definition) is 1. The van der Waals surface area contributed by atoms with Crippen LogP contribution in [0.2, 0.25) is 0 Å². The van der Waals surface area contributed by atoms with Gasteiger partial charge in [-0.2, -0.15) is 0 Å². The third kappa shape index (κ3) is 4.79. The molecule has 0 heterocycles. The van der Waals surface area contributed by atoms with Crippen LogP contribution in [0.25, 0.3) is 0 Å². The van der Waals surface area contributed by atoms with Crippen LogP contribution in [-0.4, -0.2) is 5.91 Å². The van der Waals surface area contributed by atoms with E-state index in [2.05, 4.69) is 35.1 Å². The molecule has 1 N–H and O–H groups in total. The molecule has 1 aromatic carbocycles. The van der Waals surface area contributed by atoms with Gasteiger partial charge in [0.05, 0.1) is 0 Å². The monoisotopic (exact) mass is 283 g/mol. The Morgan fingerprint density at radius 1 is 1.38 bits per heavy atom. The first-order valence-corrected chi connectivity index (χ1v) is 6.33. The standard InChI is InChI=1S/C13H18BrNO/c1-9(2)4-5-13(16)15-12-7-10(3)6-11(14)8-12/h6-9H,4-5H2,1-3H3,(H,15,16). The van der Waals surface area contributed by atoms with Crippen molar-refractivity contribution in [2.45, 2.75) is 33.6 Å². The van der Waals surface area contributed by atoms with Crippen LogP contribution in [0.1, 0.15) is 32.3 Å². The van der Waals surface area contributed by atoms with E-state index in [1.165, 1.54) is 0 Å². The molecule has 0 radical (unpaired) electrons. The van der Waals surface area contributed by atoms with Crippen LogP contribution in [0.4, 0.5) is 5.69 Å². The van der Waals surface area contributed by atoms with Gasteiger partial charge in [0, 0.05) is 16.6 Å². The normalized spacial score (nSPS) is 10.6. The number of benzene rings is 1. The van der Waals surface area contributed by atoms with Crippen molar-refractivity contribution in [3.05, 3.63) is 28.2 Å². The number of carbonyl (C=O) groups is 1. The molecule has 1 aromatic rings. The van der Waals surface area contributed by atoms with Gasteiger partial charge in [-0.05, 0) is 43.0 Å². The van der Waals surface area contributed by atoms with E-state index in [0.717, 1.165) is 22.1 Å². The highest BCUT2D eigenvalue weighted by Crippen LogP contribution is 2.19. The second-order valence-electron chi connectivity index (χ2n) is 4.50. The number of anilines is 1. The fourth-order valence-corrected chi connectivity index (χ4v) is 2.06. The smallest absolute Gasteiger partial charge is 0.224 e. The molecule has 0 unspecified atom stereocenters. The Kier molecular flexibility index (Phi) is 5.00. The molecule has 1 rings (SSSR count). The molecule has 16 heavy (non-hydrogen) atoms. The van der Waals surface area contributed by atoms with E-state index < -0.39 is 0 Å². The van der Waals surface area contributed by atoms with Crippen molar-refractivity contribution < 1.29 is 4.79 Å². The first-order valence-electron chi connectivity index (χ1n) is 5.54. The van der Waals surface area contributed by atoms with Crippen LogP contribution in [-0.2, 0) is 4.79 Å². The van der Waals surface area contributed by atoms with Crippen molar-refractivity contribution in [3.63, 3.8) is 0 Å². The Hall–Kier alpha value is -0.830. The van der Waals surface area contributed by atoms with E-state index in [1.807, 2.05) is 25.1 Å². The van der Waals surface area contributed by atoms with E-state index in [0.29, 0.717) is 12.3 Å². The SMILES string of the molecule is Cc1cc(Br)cc(NC(=O)CCC(C)C)c1. The summed E-state index contributed by atoms with van der Waals surface area (Å²) in [6.45, 7) is 6.25. The number of rotatable bonds is 4. The zero-order valence-electron chi connectivity index (χ0n) is 10.0. The molecule has 3 heteroatoms. The Bertz CT molecular complexity index is 354. The van der Waals surface area contributed by atoms with Crippen LogP contribution < -0.4 is 5.32 Å². The highest BCUT2D eigenvalue weighted by Gasteiger charge is 2.04. The van der Waals surface area contributed by atoms with Gasteiger partial charge >= 0.3 is 0 Å². The summed E-state index contributed by atoms with van der Waals surface area (Å²) >= 11 is 3.41. The van der Waals surface area contributed by atoms with Gasteiger partial charge in [0.2, 0.25) is 5.91 Å². The summed E-state index contributed by atoms with van der Waals surface area (Å²) in [6.07, 6.45) is 1.52. The fourth-order valence-electron chi connectivity index (χ4n) is 1.45. The average Bonchev–Trinajstić information content (AvgIpc) is 2.12. The van der Waals surface area contributed by atoms with Gasteiger partial charge in [0.15, 0.2) is 0 Å². The molecule has 0 saturated carbocycles. The fraction of sp³-hybridized carbons (Fsp3) is 0.462. The molecule has 0 aromatic heterocycles. The first kappa shape index (κ1) is 13.2. The maximum absolute atomic E-state index is 11.6. The third-order valence-electron chi connectivity index (χ3n) is 2.27. The van der Waals surface area contributed by atoms with E-state index in [1.54, 1.807) is 0 Å². The van der Waals surface area contributed by atoms with Crippen LogP contribution in [0.15, 0.2) is 22.7 Å². The zero-order valence-corrected chi connectivity index (χ0v) is 11.6. The molecule has 0 aliphatic carbocycles. The van der Waals surface area contributed by atoms with Crippen LogP contribution >= 0.6 is 15.9 Å². The van der Waals surface area contributed by atoms with Crippen molar-refractivity contribution in [1.29, 1.82) is 0 Å². The van der Waals surface area contributed by atoms with Crippen LogP contribution in [0.5, 0.6) is 0 Å². The van der Waals surface area contributed by atoms with Crippen molar-refractivity contribution in [1.82, 2.24) is 0 Å². The number of hydrogen-bond acceptors (Lipinski definition) is 1. The lowest BCUT2D eigenvalue weighted by atomic mass is 10.1. The zero-order chi connectivity index (χ0) is 12.1. The van der Waals surface area contributed by atoms with Gasteiger partial charge < -0.3 is 5.32 Å². The summed E-state index contributed by atoms with van der Waals surface area (Å²) in [6, 6.07) is 5.90. The summed E-state index contributed by atoms with van der Waals surface area (Å²) < 4.78 is 0.992. The Morgan fingerprint density at radius 2 is 2.06 bits per heavy atom. The Balaban J connectivity index is 2.56. The average molecular weight is 284 g/mol. The lowest BCUT2D eigenvalue weighted by Crippen LogP contribution is -2.12. The van der Waals surface area contributed by atoms with Crippen molar-refractivity contribution in [2.24, 2.45) is 5.92 Å². The molecule has 0 aliphatic rings. The van der Waals surface area contributed by atoms with Crippen molar-refractivity contribution >= 4 is 27.5 Å². The van der Waals surface area contributed by atoms with E-state index >= 15 is 0 Å².